The fraction of sp³-hybridized carbons (Fsp3) is 0.688. The van der Waals surface area contributed by atoms with Crippen molar-refractivity contribution in [3.63, 3.8) is 0 Å². The van der Waals surface area contributed by atoms with Gasteiger partial charge in [0.05, 0.1) is 6.61 Å². The molecule has 21 heavy (non-hydrogen) atoms. The molecular formula is C16H24O5. The Balaban J connectivity index is 2.97. The van der Waals surface area contributed by atoms with Crippen LogP contribution in [0, 0.1) is 0 Å². The molecule has 0 saturated heterocycles. The van der Waals surface area contributed by atoms with E-state index in [1.165, 1.54) is 6.92 Å². The number of hydrogen-bond acceptors (Lipinski definition) is 5. The summed E-state index contributed by atoms with van der Waals surface area (Å²) in [7, 11) is 0. The van der Waals surface area contributed by atoms with Crippen LogP contribution >= 0.6 is 0 Å². The van der Waals surface area contributed by atoms with Crippen molar-refractivity contribution in [2.45, 2.75) is 65.4 Å². The highest BCUT2D eigenvalue weighted by Gasteiger charge is 2.34. The minimum Gasteiger partial charge on any atom is -0.462 e. The van der Waals surface area contributed by atoms with Gasteiger partial charge >= 0.3 is 11.9 Å². The Bertz CT molecular complexity index is 436. The quantitative estimate of drug-likeness (QED) is 0.391. The van der Waals surface area contributed by atoms with Crippen molar-refractivity contribution in [2.75, 3.05) is 6.61 Å². The van der Waals surface area contributed by atoms with E-state index in [2.05, 4.69) is 6.92 Å². The van der Waals surface area contributed by atoms with Crippen molar-refractivity contribution in [1.82, 2.24) is 0 Å². The minimum absolute atomic E-state index is 0.0969. The highest BCUT2D eigenvalue weighted by molar-refractivity contribution is 6.19. The number of carbonyl (C=O) groups excluding carboxylic acids is 3. The molecule has 0 aromatic carbocycles. The number of Topliss-reactive ketones (excluding diaryl/α,β-unsaturated/α-hetero) is 1. The van der Waals surface area contributed by atoms with Crippen LogP contribution in [0.25, 0.3) is 0 Å². The molecule has 0 aromatic heterocycles. The molecule has 1 unspecified atom stereocenters. The maximum atomic E-state index is 11.9. The van der Waals surface area contributed by atoms with Crippen LogP contribution in [0.1, 0.15) is 59.3 Å². The number of carbonyl (C=O) groups is 3. The smallest absolute Gasteiger partial charge is 0.341 e. The molecule has 0 spiro atoms. The summed E-state index contributed by atoms with van der Waals surface area (Å²) in [6, 6.07) is 0. The number of esters is 2. The number of ketones is 1. The van der Waals surface area contributed by atoms with E-state index in [-0.39, 0.29) is 24.4 Å². The Morgan fingerprint density at radius 1 is 1.19 bits per heavy atom. The van der Waals surface area contributed by atoms with Gasteiger partial charge in [-0.1, -0.05) is 19.8 Å². The maximum absolute atomic E-state index is 11.9. The predicted octanol–water partition coefficient (Wildman–Crippen LogP) is 2.72. The van der Waals surface area contributed by atoms with Gasteiger partial charge < -0.3 is 9.47 Å². The lowest BCUT2D eigenvalue weighted by Gasteiger charge is -2.19. The minimum atomic E-state index is -0.595. The molecule has 0 N–H and O–H groups in total. The highest BCUT2D eigenvalue weighted by atomic mass is 16.5. The molecule has 1 aliphatic rings. The third-order valence-electron chi connectivity index (χ3n) is 3.47. The van der Waals surface area contributed by atoms with E-state index in [9.17, 15) is 14.4 Å². The second kappa shape index (κ2) is 8.60. The third-order valence-corrected chi connectivity index (χ3v) is 3.47. The summed E-state index contributed by atoms with van der Waals surface area (Å²) >= 11 is 0. The Labute approximate surface area is 125 Å². The lowest BCUT2D eigenvalue weighted by atomic mass is 9.99. The zero-order chi connectivity index (χ0) is 15.8. The number of hydrogen-bond donors (Lipinski definition) is 0. The second-order valence-corrected chi connectivity index (χ2v) is 5.14. The average molecular weight is 296 g/mol. The molecule has 0 saturated carbocycles. The summed E-state index contributed by atoms with van der Waals surface area (Å²) in [5.74, 6) is -1.20. The summed E-state index contributed by atoms with van der Waals surface area (Å²) in [5.41, 5.74) is 0.726. The maximum Gasteiger partial charge on any atom is 0.341 e. The predicted molar refractivity (Wildman–Crippen MR) is 77.6 cm³/mol. The Morgan fingerprint density at radius 2 is 1.90 bits per heavy atom. The third kappa shape index (κ3) is 4.99. The van der Waals surface area contributed by atoms with E-state index in [1.807, 2.05) is 0 Å². The van der Waals surface area contributed by atoms with Crippen LogP contribution in [0.2, 0.25) is 0 Å². The van der Waals surface area contributed by atoms with Gasteiger partial charge in [0.25, 0.3) is 0 Å². The fourth-order valence-corrected chi connectivity index (χ4v) is 2.53. The van der Waals surface area contributed by atoms with Crippen molar-refractivity contribution in [3.05, 3.63) is 11.1 Å². The summed E-state index contributed by atoms with van der Waals surface area (Å²) in [6.07, 6.45) is 3.87. The molecule has 118 valence electrons. The van der Waals surface area contributed by atoms with Gasteiger partial charge in [-0.05, 0) is 31.8 Å². The first-order chi connectivity index (χ1) is 10.0. The highest BCUT2D eigenvalue weighted by Crippen LogP contribution is 2.30. The Morgan fingerprint density at radius 3 is 2.48 bits per heavy atom. The monoisotopic (exact) mass is 296 g/mol. The van der Waals surface area contributed by atoms with Crippen LogP contribution in [0.4, 0.5) is 0 Å². The molecule has 1 atom stereocenters. The Hall–Kier alpha value is -1.65. The zero-order valence-electron chi connectivity index (χ0n) is 13.1. The molecule has 1 rings (SSSR count). The van der Waals surface area contributed by atoms with E-state index in [4.69, 9.17) is 9.47 Å². The van der Waals surface area contributed by atoms with Gasteiger partial charge in [-0.25, -0.2) is 4.79 Å². The lowest BCUT2D eigenvalue weighted by molar-refractivity contribution is -0.146. The molecule has 5 nitrogen and oxygen atoms in total. The largest absolute Gasteiger partial charge is 0.462 e. The number of unbranched alkanes of at least 4 members (excludes halogenated alkanes) is 2. The van der Waals surface area contributed by atoms with E-state index >= 15 is 0 Å². The summed E-state index contributed by atoms with van der Waals surface area (Å²) in [6.45, 7) is 5.34. The summed E-state index contributed by atoms with van der Waals surface area (Å²) < 4.78 is 10.3. The van der Waals surface area contributed by atoms with Crippen molar-refractivity contribution in [2.24, 2.45) is 0 Å². The standard InChI is InChI=1S/C16H24O5/c1-4-6-7-8-14(21-11(3)17)12-9-10-13(18)15(12)16(19)20-5-2/h14H,4-10H2,1-3H3. The molecule has 5 heteroatoms. The van der Waals surface area contributed by atoms with Crippen molar-refractivity contribution in [3.8, 4) is 0 Å². The van der Waals surface area contributed by atoms with Gasteiger partial charge in [-0.3, -0.25) is 9.59 Å². The van der Waals surface area contributed by atoms with Gasteiger partial charge in [-0.2, -0.15) is 0 Å². The van der Waals surface area contributed by atoms with Crippen LogP contribution < -0.4 is 0 Å². The van der Waals surface area contributed by atoms with Crippen LogP contribution in [-0.2, 0) is 23.9 Å². The van der Waals surface area contributed by atoms with Gasteiger partial charge in [0.1, 0.15) is 11.7 Å². The molecule has 0 aliphatic heterocycles. The van der Waals surface area contributed by atoms with Gasteiger partial charge in [0, 0.05) is 13.3 Å². The van der Waals surface area contributed by atoms with Crippen LogP contribution in [0.5, 0.6) is 0 Å². The number of rotatable bonds is 8. The van der Waals surface area contributed by atoms with Gasteiger partial charge in [0.15, 0.2) is 5.78 Å². The van der Waals surface area contributed by atoms with Gasteiger partial charge in [-0.15, -0.1) is 0 Å². The van der Waals surface area contributed by atoms with E-state index in [0.29, 0.717) is 18.4 Å². The molecular weight excluding hydrogens is 272 g/mol. The fourth-order valence-electron chi connectivity index (χ4n) is 2.53. The van der Waals surface area contributed by atoms with E-state index in [1.54, 1.807) is 6.92 Å². The average Bonchev–Trinajstić information content (AvgIpc) is 2.79. The first-order valence-electron chi connectivity index (χ1n) is 7.61. The second-order valence-electron chi connectivity index (χ2n) is 5.14. The molecule has 0 radical (unpaired) electrons. The molecule has 0 heterocycles. The number of ether oxygens (including phenoxy) is 2. The summed E-state index contributed by atoms with van der Waals surface area (Å²) in [5, 5.41) is 0. The van der Waals surface area contributed by atoms with Crippen LogP contribution in [0.15, 0.2) is 11.1 Å². The SMILES string of the molecule is CCCCCC(OC(C)=O)C1=C(C(=O)OCC)C(=O)CC1. The molecule has 1 aliphatic carbocycles. The lowest BCUT2D eigenvalue weighted by Crippen LogP contribution is -2.22. The Kier molecular flexibility index (Phi) is 7.12. The van der Waals surface area contributed by atoms with Gasteiger partial charge in [0.2, 0.25) is 0 Å². The molecule has 0 fully saturated rings. The molecule has 0 aromatic rings. The molecule has 0 bridgehead atoms. The van der Waals surface area contributed by atoms with Crippen molar-refractivity contribution in [1.29, 1.82) is 0 Å². The molecule has 0 amide bonds. The zero-order valence-corrected chi connectivity index (χ0v) is 13.1. The van der Waals surface area contributed by atoms with Crippen LogP contribution in [-0.4, -0.2) is 30.4 Å². The van der Waals surface area contributed by atoms with Crippen molar-refractivity contribution < 1.29 is 23.9 Å². The first kappa shape index (κ1) is 17.4. The van der Waals surface area contributed by atoms with E-state index in [0.717, 1.165) is 19.3 Å². The topological polar surface area (TPSA) is 69.7 Å². The summed E-state index contributed by atoms with van der Waals surface area (Å²) in [4.78, 5) is 35.1. The van der Waals surface area contributed by atoms with E-state index < -0.39 is 18.0 Å². The van der Waals surface area contributed by atoms with Crippen LogP contribution in [0.3, 0.4) is 0 Å². The first-order valence-corrected chi connectivity index (χ1v) is 7.61. The van der Waals surface area contributed by atoms with Crippen molar-refractivity contribution >= 4 is 17.7 Å². The normalized spacial score (nSPS) is 16.0.